The number of rotatable bonds is 25. The van der Waals surface area contributed by atoms with Crippen LogP contribution in [-0.2, 0) is 33.6 Å². The third-order valence-corrected chi connectivity index (χ3v) is 13.5. The maximum absolute atomic E-state index is 15.9. The molecule has 0 aliphatic carbocycles. The number of nitrogens with zero attached hydrogens (tertiary/aromatic N) is 3. The molecule has 74 heavy (non-hydrogen) atoms. The number of Topliss-reactive ketones (excluding diaryl/α,β-unsaturated/α-hetero) is 2. The number of amides is 5. The molecule has 414 valence electrons. The van der Waals surface area contributed by atoms with Crippen molar-refractivity contribution in [3.63, 3.8) is 0 Å². The van der Waals surface area contributed by atoms with E-state index in [1.54, 1.807) is 13.8 Å². The van der Waals surface area contributed by atoms with Gasteiger partial charge in [0.05, 0.1) is 34.3 Å². The van der Waals surface area contributed by atoms with E-state index in [9.17, 15) is 33.6 Å². The zero-order valence-corrected chi connectivity index (χ0v) is 43.3. The summed E-state index contributed by atoms with van der Waals surface area (Å²) in [5.41, 5.74) is 38.4. The van der Waals surface area contributed by atoms with E-state index in [0.29, 0.717) is 6.42 Å². The van der Waals surface area contributed by atoms with Gasteiger partial charge in [0.15, 0.2) is 52.7 Å². The van der Waals surface area contributed by atoms with Crippen molar-refractivity contribution >= 4 is 88.3 Å². The number of likely N-dealkylation sites (N-methyl/N-ethyl adjacent to an activating group) is 1. The summed E-state index contributed by atoms with van der Waals surface area (Å²) in [6.07, 6.45) is -0.269. The molecule has 2 aliphatic rings. The summed E-state index contributed by atoms with van der Waals surface area (Å²) in [6, 6.07) is -7.55. The van der Waals surface area contributed by atoms with Crippen molar-refractivity contribution in [3.05, 3.63) is 23.3 Å². The molecule has 0 fully saturated rings. The number of nitrogens with two attached hydrogens (primary N) is 7. The van der Waals surface area contributed by atoms with Crippen LogP contribution < -0.4 is 72.0 Å². The van der Waals surface area contributed by atoms with Gasteiger partial charge in [-0.15, -0.1) is 23.5 Å². The summed E-state index contributed by atoms with van der Waals surface area (Å²) in [5, 5.41) is 23.0. The van der Waals surface area contributed by atoms with Gasteiger partial charge < -0.3 is 72.0 Å². The number of nitrogens with one attached hydrogen (secondary N) is 7. The van der Waals surface area contributed by atoms with Gasteiger partial charge in [-0.25, -0.2) is 17.6 Å². The molecule has 0 aromatic heterocycles. The largest absolute Gasteiger partial charge is 0.388 e. The lowest BCUT2D eigenvalue weighted by molar-refractivity contribution is -0.135. The number of thioether (sulfide) groups is 2. The number of guanidine groups is 3. The highest BCUT2D eigenvalue weighted by molar-refractivity contribution is 7.99. The van der Waals surface area contributed by atoms with Gasteiger partial charge in [-0.05, 0) is 58.4 Å². The first kappa shape index (κ1) is 63.7. The number of hydrogen-bond donors (Lipinski definition) is 14. The standard InChI is InChI=1S/C44H71F4N17O7S2/c1-21(2)29(67)18-61-37(68)22(9-6-14-58-42(51)52)17-28(66)26-19-73-35-31(45)33(47)36(34(48)32(35)46)74-20-27(57-3)41(72)64-24(11-7-15-59-43(53)54)39(70)62-23(10-4-5-13-30(49)50)38(69)63-25(40(71)65-26)12-8-16-60-44(55)56/h21-27,57H,4-20H2,1-3H3,(H3,49,50)(H,61,68)(H,62,70)(H,63,69)(H,64,72)(H,65,71)(H4,51,52,58)(H4,53,54,59)(H4,55,56,60). The van der Waals surface area contributed by atoms with Crippen LogP contribution in [-0.4, -0.2) is 140 Å². The van der Waals surface area contributed by atoms with Gasteiger partial charge in [-0.1, -0.05) is 20.3 Å². The normalized spacial score (nSPS) is 19.4. The Hall–Kier alpha value is -6.43. The van der Waals surface area contributed by atoms with Crippen molar-refractivity contribution in [2.45, 2.75) is 124 Å². The minimum atomic E-state index is -1.87. The topological polar surface area (TPSA) is 435 Å². The van der Waals surface area contributed by atoms with Gasteiger partial charge in [-0.2, -0.15) is 0 Å². The number of halogens is 4. The maximum atomic E-state index is 15.9. The van der Waals surface area contributed by atoms with Crippen molar-refractivity contribution in [1.82, 2.24) is 31.9 Å². The molecular weight excluding hydrogens is 1020 g/mol. The second kappa shape index (κ2) is 32.7. The summed E-state index contributed by atoms with van der Waals surface area (Å²) >= 11 is 0.368. The molecule has 2 bridgehead atoms. The van der Waals surface area contributed by atoms with Gasteiger partial charge in [0.25, 0.3) is 0 Å². The Morgan fingerprint density at radius 2 is 1.08 bits per heavy atom. The minimum absolute atomic E-state index is 0.00105. The second-order valence-corrected chi connectivity index (χ2v) is 19.5. The molecule has 0 radical (unpaired) electrons. The number of ketones is 2. The van der Waals surface area contributed by atoms with E-state index in [4.69, 9.17) is 45.5 Å². The van der Waals surface area contributed by atoms with Crippen molar-refractivity contribution in [2.24, 2.45) is 66.9 Å². The predicted octanol–water partition coefficient (Wildman–Crippen LogP) is -1.46. The highest BCUT2D eigenvalue weighted by Crippen LogP contribution is 2.37. The Kier molecular flexibility index (Phi) is 28.1. The first-order valence-corrected chi connectivity index (χ1v) is 25.7. The molecule has 21 N–H and O–H groups in total. The molecule has 30 heteroatoms. The van der Waals surface area contributed by atoms with Crippen molar-refractivity contribution in [3.8, 4) is 0 Å². The van der Waals surface area contributed by atoms with E-state index >= 15 is 17.6 Å². The molecule has 0 saturated heterocycles. The van der Waals surface area contributed by atoms with E-state index in [-0.39, 0.29) is 130 Å². The van der Waals surface area contributed by atoms with E-state index in [1.807, 2.05) is 0 Å². The average Bonchev–Trinajstić information content (AvgIpc) is 3.33. The smallest absolute Gasteiger partial charge is 0.243 e. The van der Waals surface area contributed by atoms with Gasteiger partial charge in [0.1, 0.15) is 18.1 Å². The molecule has 6 atom stereocenters. The lowest BCUT2D eigenvalue weighted by atomic mass is 9.93. The first-order valence-electron chi connectivity index (χ1n) is 23.7. The fourth-order valence-corrected chi connectivity index (χ4v) is 9.15. The Balaban J connectivity index is 2.85. The zero-order chi connectivity index (χ0) is 55.7. The Morgan fingerprint density at radius 1 is 0.649 bits per heavy atom. The summed E-state index contributed by atoms with van der Waals surface area (Å²) in [6.45, 7) is 2.79. The highest BCUT2D eigenvalue weighted by Gasteiger charge is 2.35. The number of aliphatic imine (C=N–C) groups is 3. The maximum Gasteiger partial charge on any atom is 0.243 e. The van der Waals surface area contributed by atoms with Crippen LogP contribution in [0.4, 0.5) is 17.6 Å². The first-order chi connectivity index (χ1) is 34.9. The number of carbonyl (C=O) groups excluding carboxylic acids is 7. The molecule has 1 aromatic rings. The molecule has 0 spiro atoms. The molecule has 0 saturated carbocycles. The van der Waals surface area contributed by atoms with Crippen LogP contribution in [0.5, 0.6) is 0 Å². The van der Waals surface area contributed by atoms with Crippen LogP contribution in [0.1, 0.15) is 84.5 Å². The lowest BCUT2D eigenvalue weighted by Crippen LogP contribution is -2.59. The molecule has 6 unspecified atom stereocenters. The van der Waals surface area contributed by atoms with E-state index < -0.39 is 135 Å². The van der Waals surface area contributed by atoms with Crippen molar-refractivity contribution in [1.29, 1.82) is 5.41 Å². The zero-order valence-electron chi connectivity index (χ0n) is 41.6. The number of amidine groups is 1. The Labute approximate surface area is 434 Å². The molecule has 3 rings (SSSR count). The second-order valence-electron chi connectivity index (χ2n) is 17.4. The molecule has 2 heterocycles. The number of carbonyl (C=O) groups is 7. The highest BCUT2D eigenvalue weighted by atomic mass is 32.2. The van der Waals surface area contributed by atoms with Crippen LogP contribution in [0.2, 0.25) is 0 Å². The van der Waals surface area contributed by atoms with Crippen LogP contribution in [0.25, 0.3) is 0 Å². The fourth-order valence-electron chi connectivity index (χ4n) is 7.03. The van der Waals surface area contributed by atoms with E-state index in [2.05, 4.69) is 46.9 Å². The van der Waals surface area contributed by atoms with Crippen molar-refractivity contribution < 1.29 is 51.1 Å². The predicted molar refractivity (Wildman–Crippen MR) is 274 cm³/mol. The average molecular weight is 1090 g/mol. The van der Waals surface area contributed by atoms with Crippen LogP contribution in [0, 0.1) is 40.5 Å². The van der Waals surface area contributed by atoms with Gasteiger partial charge in [0.2, 0.25) is 29.5 Å². The Morgan fingerprint density at radius 3 is 1.53 bits per heavy atom. The number of unbranched alkanes of at least 4 members (excludes halogenated alkanes) is 1. The third-order valence-electron chi connectivity index (χ3n) is 11.2. The third kappa shape index (κ3) is 22.4. The van der Waals surface area contributed by atoms with Gasteiger partial charge >= 0.3 is 0 Å². The monoisotopic (exact) mass is 1090 g/mol. The van der Waals surface area contributed by atoms with Crippen LogP contribution in [0.15, 0.2) is 24.8 Å². The summed E-state index contributed by atoms with van der Waals surface area (Å²) in [4.78, 5) is 106. The lowest BCUT2D eigenvalue weighted by Gasteiger charge is -2.27. The summed E-state index contributed by atoms with van der Waals surface area (Å²) in [5.74, 6) is -17.1. The Bertz CT molecular complexity index is 2200. The molecule has 2 aliphatic heterocycles. The van der Waals surface area contributed by atoms with Crippen LogP contribution >= 0.6 is 23.5 Å². The van der Waals surface area contributed by atoms with Crippen molar-refractivity contribution in [2.75, 3.05) is 44.7 Å². The molecular formula is C44H71F4N17O7S2. The quantitative estimate of drug-likeness (QED) is 0.0133. The minimum Gasteiger partial charge on any atom is -0.388 e. The SMILES string of the molecule is CNC1CSc2c(F)c(F)c(c(F)c2F)SCC(C(=O)CC(CCCN=C(N)N)C(=O)NCC(=O)C(C)C)NC(=O)C(CCCN=C(N)N)NC(=O)C(CCCCC(=N)N)NC(=O)C(CCCN=C(N)N)NC1=O. The van der Waals surface area contributed by atoms with E-state index in [0.717, 1.165) is 0 Å². The van der Waals surface area contributed by atoms with Gasteiger partial charge in [0, 0.05) is 55.8 Å². The number of benzene rings is 1. The molecule has 5 amide bonds. The van der Waals surface area contributed by atoms with Crippen LogP contribution in [0.3, 0.4) is 0 Å². The number of fused-ring (bicyclic) bond motifs is 18. The van der Waals surface area contributed by atoms with E-state index in [1.165, 1.54) is 7.05 Å². The summed E-state index contributed by atoms with van der Waals surface area (Å²) < 4.78 is 63.5. The fraction of sp³-hybridized carbons (Fsp3) is 0.614. The van der Waals surface area contributed by atoms with Gasteiger partial charge in [-0.3, -0.25) is 53.9 Å². The molecule has 1 aromatic carbocycles. The number of hydrogen-bond acceptors (Lipinski definition) is 14. The molecule has 24 nitrogen and oxygen atoms in total. The summed E-state index contributed by atoms with van der Waals surface area (Å²) in [7, 11) is 1.31.